The van der Waals surface area contributed by atoms with Crippen molar-refractivity contribution in [2.45, 2.75) is 102 Å². The Hall–Kier alpha value is -6.26. The summed E-state index contributed by atoms with van der Waals surface area (Å²) in [5.74, 6) is 17.0. The van der Waals surface area contributed by atoms with Crippen molar-refractivity contribution in [2.75, 3.05) is 26.4 Å². The summed E-state index contributed by atoms with van der Waals surface area (Å²) < 4.78 is 47.6. The summed E-state index contributed by atoms with van der Waals surface area (Å²) in [6.07, 6.45) is 20.0. The topological polar surface area (TPSA) is 73.8 Å². The van der Waals surface area contributed by atoms with Gasteiger partial charge in [-0.3, -0.25) is 0 Å². The van der Waals surface area contributed by atoms with Crippen molar-refractivity contribution in [1.82, 2.24) is 0 Å². The molecule has 4 saturated heterocycles. The summed E-state index contributed by atoms with van der Waals surface area (Å²) in [5, 5.41) is 0. The molecule has 5 aromatic carbocycles. The van der Waals surface area contributed by atoms with Crippen LogP contribution in [-0.4, -0.2) is 51.6 Å². The molecule has 0 saturated carbocycles. The van der Waals surface area contributed by atoms with Gasteiger partial charge in [-0.1, -0.05) is 72.3 Å². The van der Waals surface area contributed by atoms with Gasteiger partial charge in [0, 0.05) is 47.9 Å². The predicted octanol–water partition coefficient (Wildman–Crippen LogP) is 12.4. The van der Waals surface area contributed by atoms with Crippen LogP contribution >= 0.6 is 0 Å². The monoisotopic (exact) mass is 882 g/mol. The molecule has 0 N–H and O–H groups in total. The molecule has 4 aliphatic rings. The predicted molar refractivity (Wildman–Crippen MR) is 259 cm³/mol. The molecule has 8 heteroatoms. The third kappa shape index (κ3) is 13.4. The first-order chi connectivity index (χ1) is 32.6. The smallest absolute Gasteiger partial charge is 0.199 e. The Kier molecular flexibility index (Phi) is 15.8. The molecule has 4 unspecified atom stereocenters. The van der Waals surface area contributed by atoms with Crippen LogP contribution in [0.5, 0.6) is 23.0 Å². The van der Waals surface area contributed by atoms with Gasteiger partial charge in [0.15, 0.2) is 25.2 Å². The van der Waals surface area contributed by atoms with Crippen LogP contribution in [0.25, 0.3) is 24.3 Å². The van der Waals surface area contributed by atoms with Gasteiger partial charge in [0.1, 0.15) is 23.0 Å². The highest BCUT2D eigenvalue weighted by atomic mass is 16.7. The zero-order chi connectivity index (χ0) is 44.6. The van der Waals surface area contributed by atoms with E-state index in [0.29, 0.717) is 0 Å². The van der Waals surface area contributed by atoms with E-state index in [-0.39, 0.29) is 25.2 Å². The molecule has 0 radical (unpaired) electrons. The van der Waals surface area contributed by atoms with Gasteiger partial charge < -0.3 is 37.9 Å². The maximum absolute atomic E-state index is 6.11. The van der Waals surface area contributed by atoms with Gasteiger partial charge in [0.05, 0.1) is 26.4 Å². The quantitative estimate of drug-likeness (QED) is 0.0906. The lowest BCUT2D eigenvalue weighted by Crippen LogP contribution is -2.24. The van der Waals surface area contributed by atoms with Crippen molar-refractivity contribution in [1.29, 1.82) is 0 Å². The van der Waals surface area contributed by atoms with Gasteiger partial charge in [-0.25, -0.2) is 0 Å². The molecule has 4 fully saturated rings. The Balaban J connectivity index is 1.02. The minimum Gasteiger partial charge on any atom is -0.465 e. The van der Waals surface area contributed by atoms with Crippen LogP contribution in [0.2, 0.25) is 0 Å². The van der Waals surface area contributed by atoms with E-state index in [2.05, 4.69) is 84.4 Å². The van der Waals surface area contributed by atoms with E-state index in [1.807, 2.05) is 72.8 Å². The van der Waals surface area contributed by atoms with Crippen molar-refractivity contribution < 1.29 is 37.9 Å². The summed E-state index contributed by atoms with van der Waals surface area (Å²) in [7, 11) is 0. The van der Waals surface area contributed by atoms with E-state index in [0.717, 1.165) is 171 Å². The maximum atomic E-state index is 6.11. The largest absolute Gasteiger partial charge is 0.465 e. The zero-order valence-electron chi connectivity index (χ0n) is 37.6. The first kappa shape index (κ1) is 44.9. The number of rotatable bonds is 12. The first-order valence-electron chi connectivity index (χ1n) is 23.8. The number of benzene rings is 5. The first-order valence-corrected chi connectivity index (χ1v) is 23.8. The Labute approximate surface area is 389 Å². The molecular formula is C58H58O8. The Morgan fingerprint density at radius 1 is 0.348 bits per heavy atom. The summed E-state index contributed by atoms with van der Waals surface area (Å²) in [4.78, 5) is 0. The van der Waals surface area contributed by atoms with E-state index in [1.54, 1.807) is 0 Å². The van der Waals surface area contributed by atoms with Crippen molar-refractivity contribution >= 4 is 24.3 Å². The Morgan fingerprint density at radius 3 is 0.939 bits per heavy atom. The minimum absolute atomic E-state index is 0.194. The molecule has 4 aliphatic heterocycles. The summed E-state index contributed by atoms with van der Waals surface area (Å²) >= 11 is 0. The molecule has 8 nitrogen and oxygen atoms in total. The zero-order valence-corrected chi connectivity index (χ0v) is 37.6. The molecule has 0 bridgehead atoms. The van der Waals surface area contributed by atoms with E-state index in [4.69, 9.17) is 37.9 Å². The van der Waals surface area contributed by atoms with Crippen LogP contribution in [0.15, 0.2) is 109 Å². The molecule has 0 spiro atoms. The van der Waals surface area contributed by atoms with E-state index >= 15 is 0 Å². The lowest BCUT2D eigenvalue weighted by atomic mass is 9.96. The number of hydrogen-bond donors (Lipinski definition) is 0. The summed E-state index contributed by atoms with van der Waals surface area (Å²) in [5.41, 5.74) is 7.43. The lowest BCUT2D eigenvalue weighted by Gasteiger charge is -2.23. The fourth-order valence-corrected chi connectivity index (χ4v) is 8.15. The summed E-state index contributed by atoms with van der Waals surface area (Å²) in [6.45, 7) is 2.95. The van der Waals surface area contributed by atoms with Gasteiger partial charge >= 0.3 is 0 Å². The SMILES string of the molecule is C(#Cc1cc(/C=C/c2ccc(OC3CCCCO3)cc2)c(C#Cc2ccc(OC3CCCCO3)cc2)cc1/C=C/c1ccc(OC2CCCCO2)cc1)c1ccc(OC2CCCCO2)cc1. The average Bonchev–Trinajstić information content (AvgIpc) is 3.37. The van der Waals surface area contributed by atoms with Crippen molar-refractivity contribution in [2.24, 2.45) is 0 Å². The Bertz CT molecular complexity index is 2320. The molecule has 66 heavy (non-hydrogen) atoms. The van der Waals surface area contributed by atoms with Crippen LogP contribution in [0.4, 0.5) is 0 Å². The van der Waals surface area contributed by atoms with Crippen LogP contribution in [-0.2, 0) is 18.9 Å². The van der Waals surface area contributed by atoms with E-state index in [9.17, 15) is 0 Å². The average molecular weight is 883 g/mol. The highest BCUT2D eigenvalue weighted by Crippen LogP contribution is 2.27. The van der Waals surface area contributed by atoms with Crippen molar-refractivity contribution in [3.8, 4) is 46.7 Å². The molecule has 4 heterocycles. The van der Waals surface area contributed by atoms with Crippen LogP contribution < -0.4 is 18.9 Å². The molecule has 9 rings (SSSR count). The highest BCUT2D eigenvalue weighted by molar-refractivity contribution is 5.80. The molecule has 5 aromatic rings. The van der Waals surface area contributed by atoms with Gasteiger partial charge in [-0.05, 0) is 159 Å². The normalized spacial score (nSPS) is 21.0. The third-order valence-corrected chi connectivity index (χ3v) is 11.9. The highest BCUT2D eigenvalue weighted by Gasteiger charge is 2.18. The maximum Gasteiger partial charge on any atom is 0.199 e. The van der Waals surface area contributed by atoms with E-state index in [1.165, 1.54) is 0 Å². The number of hydrogen-bond acceptors (Lipinski definition) is 8. The second-order valence-electron chi connectivity index (χ2n) is 17.0. The fraction of sp³-hybridized carbons (Fsp3) is 0.345. The van der Waals surface area contributed by atoms with Crippen molar-refractivity contribution in [3.05, 3.63) is 154 Å². The van der Waals surface area contributed by atoms with Gasteiger partial charge in [-0.15, -0.1) is 0 Å². The molecule has 4 atom stereocenters. The van der Waals surface area contributed by atoms with Gasteiger partial charge in [-0.2, -0.15) is 0 Å². The molecule has 338 valence electrons. The molecule has 0 aliphatic carbocycles. The van der Waals surface area contributed by atoms with Gasteiger partial charge in [0.2, 0.25) is 0 Å². The standard InChI is InChI=1S/C58H58O8/c1-5-37-59-55(9-1)63-51-29-17-43(18-30-51)13-25-47-41-49(27-15-45-21-33-53(34-22-45)65-57-11-3-7-39-61-57)50(28-16-46-23-35-54(36-24-46)66-58-12-4-8-40-62-58)42-48(47)26-14-44-19-31-52(32-20-44)64-56-10-2-6-38-60-56/h13,16-25,28-36,41-42,55-58H,1-12,37-40H2/b25-13+,28-16+. The fourth-order valence-electron chi connectivity index (χ4n) is 8.15. The van der Waals surface area contributed by atoms with Gasteiger partial charge in [0.25, 0.3) is 0 Å². The molecular weight excluding hydrogens is 825 g/mol. The van der Waals surface area contributed by atoms with Crippen LogP contribution in [0.3, 0.4) is 0 Å². The van der Waals surface area contributed by atoms with E-state index < -0.39 is 0 Å². The second kappa shape index (κ2) is 23.3. The van der Waals surface area contributed by atoms with Crippen LogP contribution in [0.1, 0.15) is 122 Å². The van der Waals surface area contributed by atoms with Crippen molar-refractivity contribution in [3.63, 3.8) is 0 Å². The Morgan fingerprint density at radius 2 is 0.652 bits per heavy atom. The second-order valence-corrected chi connectivity index (χ2v) is 17.0. The molecule has 0 aromatic heterocycles. The minimum atomic E-state index is -0.204. The van der Waals surface area contributed by atoms with Crippen LogP contribution in [0, 0.1) is 23.7 Å². The number of ether oxygens (including phenoxy) is 8. The third-order valence-electron chi connectivity index (χ3n) is 11.9. The lowest BCUT2D eigenvalue weighted by molar-refractivity contribution is -0.106. The molecule has 0 amide bonds. The summed E-state index contributed by atoms with van der Waals surface area (Å²) in [6, 6.07) is 36.3.